The molecule has 0 aliphatic carbocycles. The fourth-order valence-electron chi connectivity index (χ4n) is 3.82. The molecule has 36 heavy (non-hydrogen) atoms. The highest BCUT2D eigenvalue weighted by atomic mass is 16.5. The van der Waals surface area contributed by atoms with Crippen molar-refractivity contribution in [2.75, 3.05) is 14.2 Å². The van der Waals surface area contributed by atoms with E-state index in [0.717, 1.165) is 44.8 Å². The lowest BCUT2D eigenvalue weighted by Crippen LogP contribution is -1.87. The summed E-state index contributed by atoms with van der Waals surface area (Å²) in [6.45, 7) is 4.05. The molecule has 2 N–H and O–H groups in total. The number of rotatable bonds is 7. The van der Waals surface area contributed by atoms with Crippen molar-refractivity contribution < 1.29 is 19.7 Å². The van der Waals surface area contributed by atoms with Gasteiger partial charge in [-0.2, -0.15) is 0 Å². The van der Waals surface area contributed by atoms with Gasteiger partial charge >= 0.3 is 0 Å². The molecule has 0 amide bonds. The Morgan fingerprint density at radius 1 is 0.583 bits per heavy atom. The van der Waals surface area contributed by atoms with Gasteiger partial charge in [0.15, 0.2) is 23.0 Å². The number of benzene rings is 4. The summed E-state index contributed by atoms with van der Waals surface area (Å²) in [7, 11) is 3.04. The van der Waals surface area contributed by atoms with Crippen molar-refractivity contribution in [3.63, 3.8) is 0 Å². The molecule has 182 valence electrons. The number of aryl methyl sites for hydroxylation is 2. The third kappa shape index (κ3) is 5.55. The number of methoxy groups -OCH3 is 2. The lowest BCUT2D eigenvalue weighted by molar-refractivity contribution is 0.373. The van der Waals surface area contributed by atoms with E-state index in [1.54, 1.807) is 36.7 Å². The van der Waals surface area contributed by atoms with E-state index >= 15 is 0 Å². The van der Waals surface area contributed by atoms with Crippen molar-refractivity contribution in [2.45, 2.75) is 13.8 Å². The topological polar surface area (TPSA) is 83.6 Å². The summed E-state index contributed by atoms with van der Waals surface area (Å²) < 4.78 is 10.2. The molecule has 0 fully saturated rings. The van der Waals surface area contributed by atoms with Gasteiger partial charge in [0.1, 0.15) is 0 Å². The number of phenols is 2. The Hall–Kier alpha value is -4.58. The summed E-state index contributed by atoms with van der Waals surface area (Å²) in [4.78, 5) is 9.18. The molecule has 4 aromatic carbocycles. The molecule has 0 saturated heterocycles. The van der Waals surface area contributed by atoms with E-state index in [-0.39, 0.29) is 11.5 Å². The van der Waals surface area contributed by atoms with E-state index in [1.807, 2.05) is 50.2 Å². The standard InChI is InChI=1S/C30H28N2O4/c1-19-13-23(7-9-25(19)31-17-21-5-11-29(35-3)27(33)15-21)24-8-10-26(20(2)14-24)32-18-22-6-12-30(36-4)28(34)16-22/h5-18,33-34H,1-4H3. The summed E-state index contributed by atoms with van der Waals surface area (Å²) in [6.07, 6.45) is 3.45. The minimum atomic E-state index is 0.0822. The maximum atomic E-state index is 9.96. The maximum absolute atomic E-state index is 9.96. The molecule has 0 aromatic heterocycles. The van der Waals surface area contributed by atoms with Crippen LogP contribution in [-0.4, -0.2) is 36.9 Å². The fourth-order valence-corrected chi connectivity index (χ4v) is 3.82. The fraction of sp³-hybridized carbons (Fsp3) is 0.133. The van der Waals surface area contributed by atoms with E-state index in [0.29, 0.717) is 11.5 Å². The van der Waals surface area contributed by atoms with Crippen molar-refractivity contribution in [1.29, 1.82) is 0 Å². The van der Waals surface area contributed by atoms with Crippen LogP contribution < -0.4 is 9.47 Å². The molecule has 4 aromatic rings. The zero-order valence-corrected chi connectivity index (χ0v) is 20.7. The number of hydrogen-bond acceptors (Lipinski definition) is 6. The van der Waals surface area contributed by atoms with Crippen LogP contribution in [0.3, 0.4) is 0 Å². The molecule has 6 nitrogen and oxygen atoms in total. The highest BCUT2D eigenvalue weighted by Crippen LogP contribution is 2.31. The van der Waals surface area contributed by atoms with Crippen LogP contribution in [0.1, 0.15) is 22.3 Å². The first kappa shape index (κ1) is 24.5. The summed E-state index contributed by atoms with van der Waals surface area (Å²) in [5.41, 5.74) is 7.55. The summed E-state index contributed by atoms with van der Waals surface area (Å²) in [5.74, 6) is 1.03. The van der Waals surface area contributed by atoms with E-state index in [2.05, 4.69) is 22.1 Å². The Kier molecular flexibility index (Phi) is 7.35. The van der Waals surface area contributed by atoms with E-state index < -0.39 is 0 Å². The van der Waals surface area contributed by atoms with Gasteiger partial charge in [0.25, 0.3) is 0 Å². The minimum Gasteiger partial charge on any atom is -0.504 e. The average molecular weight is 481 g/mol. The maximum Gasteiger partial charge on any atom is 0.160 e. The molecule has 0 spiro atoms. The highest BCUT2D eigenvalue weighted by molar-refractivity contribution is 5.85. The number of ether oxygens (including phenoxy) is 2. The van der Waals surface area contributed by atoms with E-state index in [4.69, 9.17) is 9.47 Å². The monoisotopic (exact) mass is 480 g/mol. The van der Waals surface area contributed by atoms with Crippen LogP contribution in [0.25, 0.3) is 11.1 Å². The van der Waals surface area contributed by atoms with Gasteiger partial charge in [-0.05, 0) is 108 Å². The van der Waals surface area contributed by atoms with Crippen LogP contribution in [0.15, 0.2) is 82.8 Å². The van der Waals surface area contributed by atoms with Crippen molar-refractivity contribution in [2.24, 2.45) is 9.98 Å². The Morgan fingerprint density at radius 3 is 1.33 bits per heavy atom. The van der Waals surface area contributed by atoms with Gasteiger partial charge in [-0.1, -0.05) is 12.1 Å². The number of nitrogens with zero attached hydrogens (tertiary/aromatic N) is 2. The Bertz CT molecular complexity index is 1350. The Labute approximate surface area is 210 Å². The van der Waals surface area contributed by atoms with Crippen LogP contribution in [0, 0.1) is 13.8 Å². The molecular weight excluding hydrogens is 452 g/mol. The van der Waals surface area contributed by atoms with E-state index in [1.165, 1.54) is 14.2 Å². The molecular formula is C30H28N2O4. The average Bonchev–Trinajstić information content (AvgIpc) is 2.87. The molecule has 0 unspecified atom stereocenters. The highest BCUT2D eigenvalue weighted by Gasteiger charge is 2.06. The lowest BCUT2D eigenvalue weighted by atomic mass is 10.00. The summed E-state index contributed by atoms with van der Waals surface area (Å²) >= 11 is 0. The quantitative estimate of drug-likeness (QED) is 0.282. The van der Waals surface area contributed by atoms with Gasteiger partial charge in [-0.15, -0.1) is 0 Å². The van der Waals surface area contributed by atoms with Gasteiger partial charge in [-0.3, -0.25) is 9.98 Å². The molecule has 6 heteroatoms. The number of hydrogen-bond donors (Lipinski definition) is 2. The first-order valence-electron chi connectivity index (χ1n) is 11.4. The number of aromatic hydroxyl groups is 2. The third-order valence-electron chi connectivity index (χ3n) is 5.84. The zero-order valence-electron chi connectivity index (χ0n) is 20.7. The second kappa shape index (κ2) is 10.8. The van der Waals surface area contributed by atoms with Crippen molar-refractivity contribution >= 4 is 23.8 Å². The van der Waals surface area contributed by atoms with Crippen molar-refractivity contribution in [1.82, 2.24) is 0 Å². The van der Waals surface area contributed by atoms with Gasteiger partial charge in [0, 0.05) is 12.4 Å². The van der Waals surface area contributed by atoms with Crippen molar-refractivity contribution in [3.05, 3.63) is 95.1 Å². The van der Waals surface area contributed by atoms with Crippen LogP contribution in [-0.2, 0) is 0 Å². The Morgan fingerprint density at radius 2 is 1.00 bits per heavy atom. The van der Waals surface area contributed by atoms with Gasteiger partial charge in [0.05, 0.1) is 25.6 Å². The lowest BCUT2D eigenvalue weighted by Gasteiger charge is -2.09. The molecule has 4 rings (SSSR count). The minimum absolute atomic E-state index is 0.0822. The summed E-state index contributed by atoms with van der Waals surface area (Å²) in [5, 5.41) is 19.9. The molecule has 0 bridgehead atoms. The molecule has 0 saturated carbocycles. The normalized spacial score (nSPS) is 11.3. The third-order valence-corrected chi connectivity index (χ3v) is 5.84. The SMILES string of the molecule is COc1ccc(C=Nc2ccc(-c3ccc(N=Cc4ccc(OC)c(O)c4)c(C)c3)cc2C)cc1O. The first-order valence-corrected chi connectivity index (χ1v) is 11.4. The summed E-state index contributed by atoms with van der Waals surface area (Å²) in [6, 6.07) is 22.6. The predicted molar refractivity (Wildman–Crippen MR) is 145 cm³/mol. The first-order chi connectivity index (χ1) is 17.4. The van der Waals surface area contributed by atoms with Gasteiger partial charge in [-0.25, -0.2) is 0 Å². The van der Waals surface area contributed by atoms with Crippen LogP contribution >= 0.6 is 0 Å². The largest absolute Gasteiger partial charge is 0.504 e. The molecule has 0 atom stereocenters. The second-order valence-electron chi connectivity index (χ2n) is 8.38. The van der Waals surface area contributed by atoms with Crippen LogP contribution in [0.4, 0.5) is 11.4 Å². The molecule has 0 heterocycles. The van der Waals surface area contributed by atoms with Gasteiger partial charge in [0.2, 0.25) is 0 Å². The molecule has 0 aliphatic heterocycles. The molecule has 0 radical (unpaired) electrons. The van der Waals surface area contributed by atoms with E-state index in [9.17, 15) is 10.2 Å². The molecule has 0 aliphatic rings. The number of phenolic OH excluding ortho intramolecular Hbond substituents is 2. The smallest absolute Gasteiger partial charge is 0.160 e. The van der Waals surface area contributed by atoms with Crippen LogP contribution in [0.2, 0.25) is 0 Å². The van der Waals surface area contributed by atoms with Crippen LogP contribution in [0.5, 0.6) is 23.0 Å². The van der Waals surface area contributed by atoms with Gasteiger partial charge < -0.3 is 19.7 Å². The Balaban J connectivity index is 1.51. The predicted octanol–water partition coefficient (Wildman–Crippen LogP) is 6.90. The van der Waals surface area contributed by atoms with Crippen molar-refractivity contribution in [3.8, 4) is 34.1 Å². The zero-order chi connectivity index (χ0) is 25.7. The number of aliphatic imine (C=N–C) groups is 2. The second-order valence-corrected chi connectivity index (χ2v) is 8.38.